The van der Waals surface area contributed by atoms with Gasteiger partial charge in [-0.2, -0.15) is 26.3 Å². The highest BCUT2D eigenvalue weighted by atomic mass is 19.4. The third-order valence-electron chi connectivity index (χ3n) is 4.08. The Kier molecular flexibility index (Phi) is 6.05. The summed E-state index contributed by atoms with van der Waals surface area (Å²) in [6, 6.07) is 0.0615. The number of carbonyl (C=O) groups excluding carboxylic acids is 1. The van der Waals surface area contributed by atoms with E-state index in [-0.39, 0.29) is 31.4 Å². The fourth-order valence-corrected chi connectivity index (χ4v) is 2.31. The second-order valence-corrected chi connectivity index (χ2v) is 6.16. The summed E-state index contributed by atoms with van der Waals surface area (Å²) in [4.78, 5) is 14.9. The van der Waals surface area contributed by atoms with Crippen molar-refractivity contribution >= 4 is 6.03 Å². The Morgan fingerprint density at radius 3 is 2.41 bits per heavy atom. The average Bonchev–Trinajstić information content (AvgIpc) is 3.33. The molecular formula is C15H16F7N3O2. The van der Waals surface area contributed by atoms with Crippen LogP contribution in [0.5, 0.6) is 5.88 Å². The molecule has 5 nitrogen and oxygen atoms in total. The average molecular weight is 403 g/mol. The molecule has 0 unspecified atom stereocenters. The van der Waals surface area contributed by atoms with E-state index in [0.717, 1.165) is 6.07 Å². The second-order valence-electron chi connectivity index (χ2n) is 6.16. The van der Waals surface area contributed by atoms with Gasteiger partial charge in [-0.25, -0.2) is 14.2 Å². The number of hydrogen-bond acceptors (Lipinski definition) is 3. The number of nitrogens with zero attached hydrogens (tertiary/aromatic N) is 1. The summed E-state index contributed by atoms with van der Waals surface area (Å²) < 4.78 is 92.5. The van der Waals surface area contributed by atoms with Crippen molar-refractivity contribution in [1.82, 2.24) is 15.6 Å². The molecule has 12 heteroatoms. The highest BCUT2D eigenvalue weighted by molar-refractivity contribution is 5.73. The maximum Gasteiger partial charge on any atom is 0.422 e. The van der Waals surface area contributed by atoms with E-state index in [1.165, 1.54) is 0 Å². The van der Waals surface area contributed by atoms with E-state index in [4.69, 9.17) is 0 Å². The van der Waals surface area contributed by atoms with Gasteiger partial charge in [0.15, 0.2) is 6.61 Å². The zero-order valence-corrected chi connectivity index (χ0v) is 13.8. The van der Waals surface area contributed by atoms with Gasteiger partial charge >= 0.3 is 18.4 Å². The topological polar surface area (TPSA) is 63.2 Å². The minimum absolute atomic E-state index is 0.0166. The molecule has 2 N–H and O–H groups in total. The Bertz CT molecular complexity index is 672. The number of pyridine rings is 1. The van der Waals surface area contributed by atoms with E-state index in [1.807, 2.05) is 0 Å². The van der Waals surface area contributed by atoms with Gasteiger partial charge in [0.25, 0.3) is 0 Å². The monoisotopic (exact) mass is 403 g/mol. The predicted octanol–water partition coefficient (Wildman–Crippen LogP) is 3.69. The summed E-state index contributed by atoms with van der Waals surface area (Å²) in [6.45, 7) is -2.24. The van der Waals surface area contributed by atoms with Crippen LogP contribution in [-0.4, -0.2) is 36.5 Å². The van der Waals surface area contributed by atoms with Crippen LogP contribution in [0.2, 0.25) is 0 Å². The van der Waals surface area contributed by atoms with E-state index in [0.29, 0.717) is 6.20 Å². The third-order valence-corrected chi connectivity index (χ3v) is 4.08. The maximum absolute atomic E-state index is 13.6. The molecule has 0 aliphatic heterocycles. The summed E-state index contributed by atoms with van der Waals surface area (Å²) in [7, 11) is 0. The van der Waals surface area contributed by atoms with Crippen molar-refractivity contribution < 1.29 is 40.3 Å². The Labute approximate surface area is 149 Å². The van der Waals surface area contributed by atoms with Crippen LogP contribution in [0.25, 0.3) is 0 Å². The molecule has 2 rings (SSSR count). The van der Waals surface area contributed by atoms with Crippen molar-refractivity contribution in [2.75, 3.05) is 13.2 Å². The van der Waals surface area contributed by atoms with Crippen LogP contribution in [0, 0.1) is 11.2 Å². The fraction of sp³-hybridized carbons (Fsp3) is 0.600. The van der Waals surface area contributed by atoms with E-state index in [9.17, 15) is 35.5 Å². The number of hydrogen-bond donors (Lipinski definition) is 2. The molecule has 0 aromatic carbocycles. The maximum atomic E-state index is 13.6. The second kappa shape index (κ2) is 7.77. The lowest BCUT2D eigenvalue weighted by Gasteiger charge is -2.19. The standard InChI is InChI=1S/C15H16F7N3O2/c16-10-7-24-11(27-8-14(17,18)19)5-9(10)6-25-12(26)23-4-3-13(1-2-13)15(20,21)22/h5,7H,1-4,6,8H2,(H2,23,25,26). The molecule has 1 aromatic heterocycles. The molecule has 152 valence electrons. The van der Waals surface area contributed by atoms with Crippen LogP contribution in [0.3, 0.4) is 0 Å². The van der Waals surface area contributed by atoms with Crippen molar-refractivity contribution in [3.05, 3.63) is 23.6 Å². The van der Waals surface area contributed by atoms with Gasteiger partial charge < -0.3 is 15.4 Å². The predicted molar refractivity (Wildman–Crippen MR) is 78.3 cm³/mol. The molecule has 2 amide bonds. The van der Waals surface area contributed by atoms with Gasteiger partial charge in [-0.3, -0.25) is 0 Å². The Morgan fingerprint density at radius 2 is 1.85 bits per heavy atom. The molecule has 1 heterocycles. The Morgan fingerprint density at radius 1 is 1.19 bits per heavy atom. The minimum atomic E-state index is -4.59. The first-order valence-corrected chi connectivity index (χ1v) is 7.84. The van der Waals surface area contributed by atoms with Crippen LogP contribution >= 0.6 is 0 Å². The number of alkyl halides is 6. The van der Waals surface area contributed by atoms with E-state index in [1.54, 1.807) is 0 Å². The van der Waals surface area contributed by atoms with Gasteiger partial charge in [0.2, 0.25) is 5.88 Å². The molecular weight excluding hydrogens is 387 g/mol. The van der Waals surface area contributed by atoms with Crippen LogP contribution < -0.4 is 15.4 Å². The summed E-state index contributed by atoms with van der Waals surface area (Å²) in [6.07, 6.45) is -8.50. The first-order valence-electron chi connectivity index (χ1n) is 7.84. The van der Waals surface area contributed by atoms with Crippen LogP contribution in [0.1, 0.15) is 24.8 Å². The smallest absolute Gasteiger partial charge is 0.422 e. The first-order chi connectivity index (χ1) is 12.4. The summed E-state index contributed by atoms with van der Waals surface area (Å²) in [5.41, 5.74) is -1.94. The number of nitrogens with one attached hydrogen (secondary N) is 2. The number of halogens is 7. The highest BCUT2D eigenvalue weighted by Crippen LogP contribution is 2.59. The summed E-state index contributed by atoms with van der Waals surface area (Å²) in [5.74, 6) is -1.37. The molecule has 0 saturated heterocycles. The molecule has 0 bridgehead atoms. The first kappa shape index (κ1) is 21.0. The molecule has 1 saturated carbocycles. The lowest BCUT2D eigenvalue weighted by Crippen LogP contribution is -2.38. The number of ether oxygens (including phenoxy) is 1. The molecule has 0 radical (unpaired) electrons. The van der Waals surface area contributed by atoms with Gasteiger partial charge in [0, 0.05) is 24.7 Å². The molecule has 0 spiro atoms. The van der Waals surface area contributed by atoms with Crippen molar-refractivity contribution in [1.29, 1.82) is 0 Å². The third kappa shape index (κ3) is 6.14. The molecule has 27 heavy (non-hydrogen) atoms. The molecule has 1 aliphatic rings. The fourth-order valence-electron chi connectivity index (χ4n) is 2.31. The van der Waals surface area contributed by atoms with Gasteiger partial charge in [-0.1, -0.05) is 0 Å². The Hall–Kier alpha value is -2.27. The molecule has 1 fully saturated rings. The van der Waals surface area contributed by atoms with Crippen molar-refractivity contribution in [2.45, 2.75) is 38.2 Å². The lowest BCUT2D eigenvalue weighted by atomic mass is 10.0. The van der Waals surface area contributed by atoms with Crippen LogP contribution in [0.4, 0.5) is 35.5 Å². The van der Waals surface area contributed by atoms with Gasteiger partial charge in [-0.15, -0.1) is 0 Å². The van der Waals surface area contributed by atoms with Crippen LogP contribution in [-0.2, 0) is 6.54 Å². The number of urea groups is 1. The van der Waals surface area contributed by atoms with Crippen LogP contribution in [0.15, 0.2) is 12.3 Å². The van der Waals surface area contributed by atoms with Crippen molar-refractivity contribution in [3.8, 4) is 5.88 Å². The van der Waals surface area contributed by atoms with Crippen molar-refractivity contribution in [3.63, 3.8) is 0 Å². The molecule has 0 atom stereocenters. The minimum Gasteiger partial charge on any atom is -0.468 e. The Balaban J connectivity index is 1.79. The SMILES string of the molecule is O=C(NCCC1(C(F)(F)F)CC1)NCc1cc(OCC(F)(F)F)ncc1F. The summed E-state index contributed by atoms with van der Waals surface area (Å²) >= 11 is 0. The summed E-state index contributed by atoms with van der Waals surface area (Å²) in [5, 5.41) is 4.44. The zero-order valence-electron chi connectivity index (χ0n) is 13.8. The van der Waals surface area contributed by atoms with E-state index >= 15 is 0 Å². The largest absolute Gasteiger partial charge is 0.468 e. The number of aromatic nitrogens is 1. The zero-order chi connectivity index (χ0) is 20.3. The number of rotatable bonds is 7. The molecule has 1 aromatic rings. The van der Waals surface area contributed by atoms with Gasteiger partial charge in [0.05, 0.1) is 11.6 Å². The molecule has 1 aliphatic carbocycles. The van der Waals surface area contributed by atoms with E-state index in [2.05, 4.69) is 20.4 Å². The highest BCUT2D eigenvalue weighted by Gasteiger charge is 2.62. The quantitative estimate of drug-likeness (QED) is 0.683. The number of amides is 2. The van der Waals surface area contributed by atoms with Crippen molar-refractivity contribution in [2.24, 2.45) is 5.41 Å². The number of carbonyl (C=O) groups is 1. The van der Waals surface area contributed by atoms with Gasteiger partial charge in [0.1, 0.15) is 5.82 Å². The normalized spacial score (nSPS) is 16.0. The van der Waals surface area contributed by atoms with E-state index < -0.39 is 48.6 Å². The lowest BCUT2D eigenvalue weighted by molar-refractivity contribution is -0.188. The van der Waals surface area contributed by atoms with Gasteiger partial charge in [-0.05, 0) is 19.3 Å².